The van der Waals surface area contributed by atoms with Crippen molar-refractivity contribution in [1.82, 2.24) is 14.7 Å². The number of benzene rings is 1. The zero-order valence-electron chi connectivity index (χ0n) is 26.1. The Kier molecular flexibility index (Phi) is 16.6. The molecule has 12 nitrogen and oxygen atoms in total. The summed E-state index contributed by atoms with van der Waals surface area (Å²) in [6.07, 6.45) is 5.60. The van der Waals surface area contributed by atoms with Crippen molar-refractivity contribution < 1.29 is 19.5 Å². The number of aliphatic hydroxyl groups is 1. The van der Waals surface area contributed by atoms with Crippen LogP contribution >= 0.6 is 0 Å². The van der Waals surface area contributed by atoms with Crippen molar-refractivity contribution in [3.63, 3.8) is 0 Å². The van der Waals surface area contributed by atoms with Gasteiger partial charge in [-0.3, -0.25) is 29.2 Å². The molecule has 3 rings (SSSR count). The summed E-state index contributed by atoms with van der Waals surface area (Å²) in [6, 6.07) is 8.64. The monoisotopic (exact) mass is 588 g/mol. The van der Waals surface area contributed by atoms with Gasteiger partial charge in [0.2, 0.25) is 18.7 Å². The van der Waals surface area contributed by atoms with Crippen LogP contribution in [-0.4, -0.2) is 116 Å². The fraction of sp³-hybridized carbons (Fsp3) is 0.600. The van der Waals surface area contributed by atoms with E-state index in [0.29, 0.717) is 50.1 Å². The molecule has 0 radical (unpaired) electrons. The number of amidine groups is 1. The highest BCUT2D eigenvalue weighted by Gasteiger charge is 2.37. The van der Waals surface area contributed by atoms with E-state index in [2.05, 4.69) is 53.4 Å². The molecular weight excluding hydrogens is 536 g/mol. The van der Waals surface area contributed by atoms with Crippen LogP contribution in [0.2, 0.25) is 0 Å². The number of amides is 3. The second-order valence-electron chi connectivity index (χ2n) is 10.7. The minimum Gasteiger partial charge on any atom is -0.400 e. The zero-order valence-corrected chi connectivity index (χ0v) is 26.1. The smallest absolute Gasteiger partial charge is 0.239 e. The Morgan fingerprint density at radius 1 is 1.10 bits per heavy atom. The number of rotatable bonds is 9. The molecule has 42 heavy (non-hydrogen) atoms. The summed E-state index contributed by atoms with van der Waals surface area (Å²) in [5.41, 5.74) is 17.9. The number of carbonyl (C=O) groups is 3. The molecule has 2 saturated heterocycles. The van der Waals surface area contributed by atoms with E-state index in [-0.39, 0.29) is 12.3 Å². The molecule has 0 aromatic heterocycles. The Balaban J connectivity index is 0.00000165. The highest BCUT2D eigenvalue weighted by Crippen LogP contribution is 2.31. The van der Waals surface area contributed by atoms with Gasteiger partial charge in [0.05, 0.1) is 6.04 Å². The molecular formula is C30H52N8O4. The molecule has 0 bridgehead atoms. The van der Waals surface area contributed by atoms with Crippen LogP contribution < -0.4 is 22.1 Å². The average Bonchev–Trinajstić information content (AvgIpc) is 3.30. The minimum atomic E-state index is -0.488. The highest BCUT2D eigenvalue weighted by molar-refractivity contribution is 5.94. The lowest BCUT2D eigenvalue weighted by molar-refractivity contribution is -0.133. The predicted molar refractivity (Wildman–Crippen MR) is 169 cm³/mol. The van der Waals surface area contributed by atoms with Crippen LogP contribution in [0.5, 0.6) is 0 Å². The third-order valence-corrected chi connectivity index (χ3v) is 8.14. The van der Waals surface area contributed by atoms with Gasteiger partial charge in [-0.15, -0.1) is 0 Å². The Hall–Kier alpha value is -3.32. The molecule has 1 aromatic rings. The summed E-state index contributed by atoms with van der Waals surface area (Å²) in [5.74, 6) is 1.92. The fourth-order valence-corrected chi connectivity index (χ4v) is 5.53. The maximum absolute atomic E-state index is 12.1. The molecule has 3 unspecified atom stereocenters. The Bertz CT molecular complexity index is 1010. The molecule has 0 saturated carbocycles. The number of likely N-dealkylation sites (tertiary alicyclic amines) is 1. The van der Waals surface area contributed by atoms with E-state index in [4.69, 9.17) is 21.4 Å². The molecule has 5 atom stereocenters. The number of nitrogens with zero attached hydrogens (tertiary/aromatic N) is 5. The van der Waals surface area contributed by atoms with Crippen LogP contribution in [0.1, 0.15) is 33.3 Å². The molecule has 2 aliphatic rings. The van der Waals surface area contributed by atoms with Crippen molar-refractivity contribution in [3.05, 3.63) is 42.1 Å². The second-order valence-corrected chi connectivity index (χ2v) is 10.7. The molecule has 12 heteroatoms. The van der Waals surface area contributed by atoms with Crippen molar-refractivity contribution in [2.75, 3.05) is 58.3 Å². The molecule has 2 heterocycles. The van der Waals surface area contributed by atoms with Gasteiger partial charge in [0.15, 0.2) is 0 Å². The Morgan fingerprint density at radius 3 is 2.10 bits per heavy atom. The maximum atomic E-state index is 12.1. The molecule has 1 aromatic carbocycles. The first-order valence-electron chi connectivity index (χ1n) is 14.4. The van der Waals surface area contributed by atoms with E-state index in [0.717, 1.165) is 44.6 Å². The number of hydrogen-bond donors (Lipinski definition) is 4. The second kappa shape index (κ2) is 19.0. The summed E-state index contributed by atoms with van der Waals surface area (Å²) in [6.45, 7) is 13.0. The lowest BCUT2D eigenvalue weighted by atomic mass is 9.93. The van der Waals surface area contributed by atoms with E-state index in [1.54, 1.807) is 30.0 Å². The molecule has 236 valence electrons. The third kappa shape index (κ3) is 10.2. The summed E-state index contributed by atoms with van der Waals surface area (Å²) in [5, 5.41) is 7.00. The van der Waals surface area contributed by atoms with Gasteiger partial charge < -0.3 is 32.1 Å². The van der Waals surface area contributed by atoms with Gasteiger partial charge in [0.1, 0.15) is 5.84 Å². The van der Waals surface area contributed by atoms with E-state index < -0.39 is 6.04 Å². The number of hydrogen-bond acceptors (Lipinski definition) is 8. The van der Waals surface area contributed by atoms with Gasteiger partial charge in [-0.1, -0.05) is 19.1 Å². The lowest BCUT2D eigenvalue weighted by Gasteiger charge is -2.36. The molecule has 7 N–H and O–H groups in total. The van der Waals surface area contributed by atoms with Gasteiger partial charge in [-0.05, 0) is 69.3 Å². The van der Waals surface area contributed by atoms with Crippen LogP contribution in [0, 0.1) is 11.8 Å². The minimum absolute atomic E-state index is 0.0283. The summed E-state index contributed by atoms with van der Waals surface area (Å²) < 4.78 is 0. The number of aliphatic imine (C=N–C) groups is 1. The van der Waals surface area contributed by atoms with Crippen molar-refractivity contribution >= 4 is 30.3 Å². The van der Waals surface area contributed by atoms with Crippen LogP contribution in [0.4, 0.5) is 5.69 Å². The summed E-state index contributed by atoms with van der Waals surface area (Å²) >= 11 is 0. The van der Waals surface area contributed by atoms with Crippen LogP contribution in [0.15, 0.2) is 41.5 Å². The van der Waals surface area contributed by atoms with Gasteiger partial charge in [0, 0.05) is 70.9 Å². The quantitative estimate of drug-likeness (QED) is 0.180. The fourth-order valence-electron chi connectivity index (χ4n) is 5.53. The SMILES string of the molecule is CN=C(/C=C\N(C=O)c1ccc(CC(C)N2C[C@@H](CN)C(C)[C@H]2C)cc1)N1CCN(C(=O)C(C)N)CC1.CO.NC=O. The number of carbonyl (C=O) groups excluding carboxylic acids is 3. The molecule has 3 amide bonds. The first-order chi connectivity index (χ1) is 20.1. The average molecular weight is 589 g/mol. The summed E-state index contributed by atoms with van der Waals surface area (Å²) in [4.78, 5) is 45.0. The van der Waals surface area contributed by atoms with Gasteiger partial charge in [-0.25, -0.2) is 0 Å². The Morgan fingerprint density at radius 2 is 1.64 bits per heavy atom. The summed E-state index contributed by atoms with van der Waals surface area (Å²) in [7, 11) is 2.73. The lowest BCUT2D eigenvalue weighted by Crippen LogP contribution is -2.53. The number of nitrogens with two attached hydrogens (primary N) is 3. The Labute approximate surface area is 251 Å². The predicted octanol–water partition coefficient (Wildman–Crippen LogP) is 0.239. The number of primary amides is 1. The number of piperazine rings is 1. The van der Waals surface area contributed by atoms with Gasteiger partial charge in [0.25, 0.3) is 0 Å². The third-order valence-electron chi connectivity index (χ3n) is 8.14. The first kappa shape index (κ1) is 36.7. The normalized spacial score (nSPS) is 22.4. The van der Waals surface area contributed by atoms with Crippen LogP contribution in [0.3, 0.4) is 0 Å². The van der Waals surface area contributed by atoms with Crippen molar-refractivity contribution in [2.45, 2.75) is 52.2 Å². The molecule has 0 spiro atoms. The van der Waals surface area contributed by atoms with Crippen molar-refractivity contribution in [1.29, 1.82) is 0 Å². The molecule has 2 fully saturated rings. The van der Waals surface area contributed by atoms with E-state index >= 15 is 0 Å². The standard InChI is InChI=1S/C28H45N7O2.CH3NO.CH4O/c1-20(35-18-25(17-29)21(2)23(35)4)16-24-6-8-26(9-7-24)34(19-36)11-10-27(31-5)32-12-14-33(15-13-32)28(37)22(3)30;2-1-3;1-2/h6-11,19-23,25H,12-18,29-30H2,1-5H3;1H,(H2,2,3);2H,1H3/b11-10-,31-27?;;/t20?,21?,22?,23-,25-;;/m1../s1. The number of aliphatic hydroxyl groups excluding tert-OH is 1. The van der Waals surface area contributed by atoms with E-state index in [9.17, 15) is 9.59 Å². The molecule has 2 aliphatic heterocycles. The zero-order chi connectivity index (χ0) is 31.8. The maximum Gasteiger partial charge on any atom is 0.239 e. The highest BCUT2D eigenvalue weighted by atomic mass is 16.2. The first-order valence-corrected chi connectivity index (χ1v) is 14.4. The van der Waals surface area contributed by atoms with E-state index in [1.807, 2.05) is 18.2 Å². The van der Waals surface area contributed by atoms with Gasteiger partial charge >= 0.3 is 0 Å². The van der Waals surface area contributed by atoms with E-state index in [1.165, 1.54) is 5.56 Å². The topological polar surface area (TPSA) is 175 Å². The largest absolute Gasteiger partial charge is 0.400 e. The van der Waals surface area contributed by atoms with Gasteiger partial charge in [-0.2, -0.15) is 0 Å². The molecule has 0 aliphatic carbocycles. The van der Waals surface area contributed by atoms with Crippen LogP contribution in [0.25, 0.3) is 0 Å². The van der Waals surface area contributed by atoms with Crippen molar-refractivity contribution in [3.8, 4) is 0 Å². The number of anilines is 1. The van der Waals surface area contributed by atoms with Crippen molar-refractivity contribution in [2.24, 2.45) is 34.0 Å². The van der Waals surface area contributed by atoms with Crippen LogP contribution in [-0.2, 0) is 20.8 Å².